The van der Waals surface area contributed by atoms with Gasteiger partial charge in [0.15, 0.2) is 0 Å². The van der Waals surface area contributed by atoms with Gasteiger partial charge in [-0.3, -0.25) is 4.79 Å². The molecule has 0 N–H and O–H groups in total. The first-order valence-electron chi connectivity index (χ1n) is 12.5. The number of thioether (sulfide) groups is 1. The summed E-state index contributed by atoms with van der Waals surface area (Å²) >= 11 is 1.29. The number of carbonyl (C=O) groups excluding carboxylic acids is 1. The van der Waals surface area contributed by atoms with Gasteiger partial charge in [0.1, 0.15) is 0 Å². The molecule has 2 aliphatic heterocycles. The minimum absolute atomic E-state index is 0.0829. The van der Waals surface area contributed by atoms with E-state index in [0.717, 1.165) is 76.2 Å². The van der Waals surface area contributed by atoms with Crippen molar-refractivity contribution < 1.29 is 18.0 Å². The molecule has 3 atom stereocenters. The number of halogens is 3. The molecule has 0 aromatic carbocycles. The van der Waals surface area contributed by atoms with Crippen molar-refractivity contribution in [2.75, 3.05) is 19.6 Å². The Morgan fingerprint density at radius 2 is 1.91 bits per heavy atom. The Kier molecular flexibility index (Phi) is 6.64. The summed E-state index contributed by atoms with van der Waals surface area (Å²) < 4.78 is 40.1. The number of fused-ring (bicyclic) bond motifs is 1. The van der Waals surface area contributed by atoms with Crippen LogP contribution in [0.1, 0.15) is 58.3 Å². The van der Waals surface area contributed by atoms with E-state index in [1.54, 1.807) is 6.08 Å². The summed E-state index contributed by atoms with van der Waals surface area (Å²) in [5.41, 5.74) is 1.85. The van der Waals surface area contributed by atoms with E-state index in [9.17, 15) is 18.0 Å². The van der Waals surface area contributed by atoms with E-state index in [1.807, 2.05) is 5.41 Å². The van der Waals surface area contributed by atoms with Crippen molar-refractivity contribution in [2.45, 2.75) is 64.5 Å². The average Bonchev–Trinajstić information content (AvgIpc) is 3.42. The molecule has 2 saturated carbocycles. The van der Waals surface area contributed by atoms with Gasteiger partial charge < -0.3 is 4.90 Å². The lowest BCUT2D eigenvalue weighted by Gasteiger charge is -2.35. The maximum Gasteiger partial charge on any atom is 0.417 e. The highest BCUT2D eigenvalue weighted by atomic mass is 32.2. The standard InChI is InChI=1S/C26H33F3N2OS/c1-16-5-7-19(8-6-16)30-25(32)21-13-18(21)14-31-11-9-17(10-12-31)22-15-33-24-20(22)3-2-4-23(24)26(27,28)29/h2,4,15-18,20-21H,3,5-14H2,1H3/t16?,18-,20?,21+/m0/s1. The molecule has 3 fully saturated rings. The Morgan fingerprint density at radius 1 is 1.18 bits per heavy atom. The highest BCUT2D eigenvalue weighted by Gasteiger charge is 2.45. The van der Waals surface area contributed by atoms with Crippen LogP contribution in [-0.2, 0) is 4.79 Å². The zero-order valence-electron chi connectivity index (χ0n) is 19.2. The van der Waals surface area contributed by atoms with Crippen molar-refractivity contribution in [1.82, 2.24) is 4.90 Å². The van der Waals surface area contributed by atoms with Crippen LogP contribution in [0.2, 0.25) is 0 Å². The summed E-state index contributed by atoms with van der Waals surface area (Å²) in [7, 11) is 0. The number of allylic oxidation sites excluding steroid dienone is 5. The van der Waals surface area contributed by atoms with Crippen LogP contribution in [0.4, 0.5) is 13.2 Å². The molecule has 0 aromatic rings. The Balaban J connectivity index is 1.10. The number of carbonyl (C=O) groups is 1. The van der Waals surface area contributed by atoms with Gasteiger partial charge in [-0.1, -0.05) is 24.6 Å². The second kappa shape index (κ2) is 9.37. The third kappa shape index (κ3) is 5.19. The molecule has 180 valence electrons. The summed E-state index contributed by atoms with van der Waals surface area (Å²) in [5, 5.41) is 2.00. The van der Waals surface area contributed by atoms with E-state index < -0.39 is 11.7 Å². The van der Waals surface area contributed by atoms with E-state index in [1.165, 1.54) is 23.4 Å². The largest absolute Gasteiger partial charge is 0.417 e. The van der Waals surface area contributed by atoms with Crippen LogP contribution < -0.4 is 0 Å². The number of aliphatic imine (C=N–C) groups is 1. The average molecular weight is 479 g/mol. The minimum atomic E-state index is -4.28. The van der Waals surface area contributed by atoms with E-state index in [0.29, 0.717) is 23.2 Å². The van der Waals surface area contributed by atoms with Crippen LogP contribution in [0.5, 0.6) is 0 Å². The quantitative estimate of drug-likeness (QED) is 0.460. The zero-order chi connectivity index (χ0) is 23.2. The Labute approximate surface area is 198 Å². The Morgan fingerprint density at radius 3 is 2.61 bits per heavy atom. The maximum atomic E-state index is 13.4. The van der Waals surface area contributed by atoms with Crippen molar-refractivity contribution in [3.8, 4) is 0 Å². The number of likely N-dealkylation sites (tertiary alicyclic amines) is 1. The van der Waals surface area contributed by atoms with Gasteiger partial charge in [-0.05, 0) is 87.6 Å². The van der Waals surface area contributed by atoms with Crippen LogP contribution >= 0.6 is 11.8 Å². The number of hydrogen-bond donors (Lipinski definition) is 0. The Hall–Kier alpha value is -1.34. The molecule has 1 unspecified atom stereocenters. The molecule has 3 aliphatic carbocycles. The molecular formula is C26H33F3N2OS. The fraction of sp³-hybridized carbons (Fsp3) is 0.692. The second-order valence-electron chi connectivity index (χ2n) is 10.6. The van der Waals surface area contributed by atoms with Crippen LogP contribution in [0.15, 0.2) is 38.6 Å². The minimum Gasteiger partial charge on any atom is -0.303 e. The van der Waals surface area contributed by atoms with Crippen molar-refractivity contribution in [2.24, 2.45) is 34.6 Å². The lowest BCUT2D eigenvalue weighted by atomic mass is 9.79. The summed E-state index contributed by atoms with van der Waals surface area (Å²) in [5.74, 6) is 1.66. The number of piperidine rings is 1. The lowest BCUT2D eigenvalue weighted by Crippen LogP contribution is -2.36. The van der Waals surface area contributed by atoms with Crippen LogP contribution in [0.3, 0.4) is 0 Å². The van der Waals surface area contributed by atoms with Gasteiger partial charge in [-0.2, -0.15) is 13.2 Å². The smallest absolute Gasteiger partial charge is 0.303 e. The van der Waals surface area contributed by atoms with Crippen molar-refractivity contribution in [3.05, 3.63) is 33.6 Å². The maximum absolute atomic E-state index is 13.4. The van der Waals surface area contributed by atoms with E-state index in [-0.39, 0.29) is 17.7 Å². The van der Waals surface area contributed by atoms with E-state index in [4.69, 9.17) is 0 Å². The number of amides is 1. The molecule has 5 rings (SSSR count). The molecular weight excluding hydrogens is 445 g/mol. The first-order valence-corrected chi connectivity index (χ1v) is 13.3. The lowest BCUT2D eigenvalue weighted by molar-refractivity contribution is -0.119. The van der Waals surface area contributed by atoms with Gasteiger partial charge in [0, 0.05) is 29.0 Å². The van der Waals surface area contributed by atoms with Gasteiger partial charge in [-0.25, -0.2) is 4.99 Å². The predicted molar refractivity (Wildman–Crippen MR) is 127 cm³/mol. The monoisotopic (exact) mass is 478 g/mol. The summed E-state index contributed by atoms with van der Waals surface area (Å²) in [6.07, 6.45) is 6.54. The van der Waals surface area contributed by atoms with Gasteiger partial charge in [-0.15, -0.1) is 11.8 Å². The third-order valence-corrected chi connectivity index (χ3v) is 9.33. The SMILES string of the molecule is CC1CCC(=NC(=O)[C@@H]2C[C@H]2CN2CCC(C3=CSC4=C(C(F)(F)F)C=CCC34)CC2)CC1. The predicted octanol–water partition coefficient (Wildman–Crippen LogP) is 6.54. The van der Waals surface area contributed by atoms with Gasteiger partial charge in [0.2, 0.25) is 5.91 Å². The first kappa shape index (κ1) is 23.4. The van der Waals surface area contributed by atoms with Crippen LogP contribution in [-0.4, -0.2) is 42.3 Å². The highest BCUT2D eigenvalue weighted by molar-refractivity contribution is 8.06. The molecule has 3 nitrogen and oxygen atoms in total. The number of alkyl halides is 3. The summed E-state index contributed by atoms with van der Waals surface area (Å²) in [6, 6.07) is 0. The normalized spacial score (nSPS) is 33.2. The van der Waals surface area contributed by atoms with Gasteiger partial charge >= 0.3 is 6.18 Å². The molecule has 0 bridgehead atoms. The molecule has 33 heavy (non-hydrogen) atoms. The molecule has 1 amide bonds. The Bertz CT molecular complexity index is 901. The topological polar surface area (TPSA) is 32.7 Å². The van der Waals surface area contributed by atoms with Crippen LogP contribution in [0.25, 0.3) is 0 Å². The highest BCUT2D eigenvalue weighted by Crippen LogP contribution is 2.52. The van der Waals surface area contributed by atoms with Gasteiger partial charge in [0.25, 0.3) is 0 Å². The third-order valence-electron chi connectivity index (χ3n) is 8.18. The number of hydrogen-bond acceptors (Lipinski definition) is 3. The fourth-order valence-corrected chi connectivity index (χ4v) is 7.27. The molecule has 7 heteroatoms. The number of rotatable bonds is 4. The van der Waals surface area contributed by atoms with Gasteiger partial charge in [0.05, 0.1) is 5.57 Å². The van der Waals surface area contributed by atoms with Crippen molar-refractivity contribution in [1.29, 1.82) is 0 Å². The van der Waals surface area contributed by atoms with Crippen molar-refractivity contribution >= 4 is 23.4 Å². The molecule has 0 radical (unpaired) electrons. The first-order chi connectivity index (χ1) is 15.8. The van der Waals surface area contributed by atoms with Crippen LogP contribution in [0, 0.1) is 29.6 Å². The van der Waals surface area contributed by atoms with E-state index >= 15 is 0 Å². The molecule has 0 spiro atoms. The molecule has 2 heterocycles. The molecule has 5 aliphatic rings. The molecule has 0 aromatic heterocycles. The van der Waals surface area contributed by atoms with Crippen molar-refractivity contribution in [3.63, 3.8) is 0 Å². The fourth-order valence-electron chi connectivity index (χ4n) is 5.94. The zero-order valence-corrected chi connectivity index (χ0v) is 20.1. The number of nitrogens with zero attached hydrogens (tertiary/aromatic N) is 2. The summed E-state index contributed by atoms with van der Waals surface area (Å²) in [6.45, 7) is 5.14. The molecule has 1 saturated heterocycles. The second-order valence-corrected chi connectivity index (χ2v) is 11.5. The summed E-state index contributed by atoms with van der Waals surface area (Å²) in [4.78, 5) is 20.0. The van der Waals surface area contributed by atoms with E-state index in [2.05, 4.69) is 16.8 Å².